The lowest BCUT2D eigenvalue weighted by Gasteiger charge is -2.23. The summed E-state index contributed by atoms with van der Waals surface area (Å²) in [6, 6.07) is 54.1. The fraction of sp³-hybridized carbons (Fsp3) is 0.0698. The van der Waals surface area contributed by atoms with Gasteiger partial charge < -0.3 is 0 Å². The van der Waals surface area contributed by atoms with Crippen molar-refractivity contribution in [3.05, 3.63) is 157 Å². The van der Waals surface area contributed by atoms with Crippen molar-refractivity contribution in [3.8, 4) is 44.5 Å². The van der Waals surface area contributed by atoms with Crippen LogP contribution in [0.1, 0.15) is 25.0 Å². The van der Waals surface area contributed by atoms with Crippen molar-refractivity contribution in [2.75, 3.05) is 0 Å². The van der Waals surface area contributed by atoms with Crippen LogP contribution < -0.4 is 0 Å². The lowest BCUT2D eigenvalue weighted by atomic mass is 9.80. The molecule has 0 aliphatic heterocycles. The summed E-state index contributed by atoms with van der Waals surface area (Å²) >= 11 is 0. The fourth-order valence-electron chi connectivity index (χ4n) is 7.66. The first-order valence-corrected chi connectivity index (χ1v) is 15.2. The van der Waals surface area contributed by atoms with Crippen LogP contribution in [0, 0.1) is 0 Å². The van der Waals surface area contributed by atoms with Crippen LogP contribution in [0.3, 0.4) is 0 Å². The van der Waals surface area contributed by atoms with Gasteiger partial charge in [0.25, 0.3) is 0 Å². The van der Waals surface area contributed by atoms with Crippen LogP contribution in [-0.4, -0.2) is 0 Å². The predicted octanol–water partition coefficient (Wildman–Crippen LogP) is 11.9. The largest absolute Gasteiger partial charge is 0.0622 e. The molecule has 0 unspecified atom stereocenters. The van der Waals surface area contributed by atoms with Crippen molar-refractivity contribution in [2.45, 2.75) is 19.3 Å². The number of hydrogen-bond donors (Lipinski definition) is 0. The van der Waals surface area contributed by atoms with E-state index in [2.05, 4.69) is 159 Å². The van der Waals surface area contributed by atoms with E-state index in [4.69, 9.17) is 0 Å². The summed E-state index contributed by atoms with van der Waals surface area (Å²) in [5.41, 5.74) is 13.0. The molecule has 1 aliphatic rings. The predicted molar refractivity (Wildman–Crippen MR) is 184 cm³/mol. The van der Waals surface area contributed by atoms with E-state index in [9.17, 15) is 0 Å². The number of hydrogen-bond acceptors (Lipinski definition) is 0. The summed E-state index contributed by atoms with van der Waals surface area (Å²) in [5, 5.41) is 8.00. The van der Waals surface area contributed by atoms with Crippen LogP contribution in [0.25, 0.3) is 76.8 Å². The van der Waals surface area contributed by atoms with Gasteiger partial charge in [0.2, 0.25) is 0 Å². The van der Waals surface area contributed by atoms with Crippen molar-refractivity contribution >= 4 is 32.3 Å². The van der Waals surface area contributed by atoms with Crippen molar-refractivity contribution < 1.29 is 0 Å². The molecule has 43 heavy (non-hydrogen) atoms. The zero-order valence-corrected chi connectivity index (χ0v) is 24.4. The van der Waals surface area contributed by atoms with E-state index in [1.54, 1.807) is 0 Å². The van der Waals surface area contributed by atoms with Crippen LogP contribution >= 0.6 is 0 Å². The summed E-state index contributed by atoms with van der Waals surface area (Å²) in [7, 11) is 0. The zero-order valence-electron chi connectivity index (χ0n) is 24.4. The molecular weight excluding hydrogens is 516 g/mol. The number of benzene rings is 8. The molecular formula is C43H30. The zero-order chi connectivity index (χ0) is 28.7. The maximum atomic E-state index is 2.46. The van der Waals surface area contributed by atoms with Crippen LogP contribution in [-0.2, 0) is 5.41 Å². The Kier molecular flexibility index (Phi) is 5.05. The Morgan fingerprint density at radius 3 is 1.53 bits per heavy atom. The van der Waals surface area contributed by atoms with Crippen molar-refractivity contribution in [3.63, 3.8) is 0 Å². The first-order chi connectivity index (χ1) is 21.1. The molecule has 8 aromatic carbocycles. The average Bonchev–Trinajstić information content (AvgIpc) is 3.29. The summed E-state index contributed by atoms with van der Waals surface area (Å²) in [5.74, 6) is 0. The van der Waals surface area contributed by atoms with Crippen LogP contribution in [0.5, 0.6) is 0 Å². The van der Waals surface area contributed by atoms with Gasteiger partial charge in [-0.1, -0.05) is 147 Å². The molecule has 0 bridgehead atoms. The molecule has 0 atom stereocenters. The molecule has 1 aliphatic carbocycles. The van der Waals surface area contributed by atoms with E-state index in [0.717, 1.165) is 0 Å². The van der Waals surface area contributed by atoms with E-state index in [-0.39, 0.29) is 5.41 Å². The second-order valence-electron chi connectivity index (χ2n) is 12.5. The highest BCUT2D eigenvalue weighted by Gasteiger charge is 2.36. The van der Waals surface area contributed by atoms with Gasteiger partial charge in [0.05, 0.1) is 0 Å². The normalized spacial score (nSPS) is 13.5. The highest BCUT2D eigenvalue weighted by atomic mass is 14.4. The van der Waals surface area contributed by atoms with Gasteiger partial charge in [-0.3, -0.25) is 0 Å². The van der Waals surface area contributed by atoms with Crippen molar-refractivity contribution in [1.82, 2.24) is 0 Å². The summed E-state index contributed by atoms with van der Waals surface area (Å²) in [6.07, 6.45) is 0. The first kappa shape index (κ1) is 24.4. The SMILES string of the molecule is CC1(C)c2cc(-c3ccccc3-c3ccccc3)ccc2-c2ccc(-c3ccc4ccc5cccc6ccc3c4c56)cc21. The van der Waals surface area contributed by atoms with Crippen molar-refractivity contribution in [2.24, 2.45) is 0 Å². The van der Waals surface area contributed by atoms with E-state index in [1.165, 1.54) is 88.0 Å². The summed E-state index contributed by atoms with van der Waals surface area (Å²) in [6.45, 7) is 4.77. The second-order valence-corrected chi connectivity index (χ2v) is 12.5. The molecule has 0 heteroatoms. The lowest BCUT2D eigenvalue weighted by molar-refractivity contribution is 0.661. The van der Waals surface area contributed by atoms with Gasteiger partial charge in [-0.25, -0.2) is 0 Å². The van der Waals surface area contributed by atoms with Gasteiger partial charge in [-0.05, 0) is 100 Å². The number of rotatable bonds is 3. The Bertz CT molecular complexity index is 2340. The van der Waals surface area contributed by atoms with E-state index >= 15 is 0 Å². The third-order valence-electron chi connectivity index (χ3n) is 9.84. The highest BCUT2D eigenvalue weighted by Crippen LogP contribution is 2.51. The summed E-state index contributed by atoms with van der Waals surface area (Å²) in [4.78, 5) is 0. The molecule has 0 saturated carbocycles. The molecule has 9 rings (SSSR count). The Labute approximate surface area is 252 Å². The van der Waals surface area contributed by atoms with E-state index in [1.807, 2.05) is 0 Å². The third-order valence-corrected chi connectivity index (χ3v) is 9.84. The molecule has 202 valence electrons. The minimum absolute atomic E-state index is 0.109. The van der Waals surface area contributed by atoms with Gasteiger partial charge in [-0.2, -0.15) is 0 Å². The van der Waals surface area contributed by atoms with Crippen LogP contribution in [0.4, 0.5) is 0 Å². The van der Waals surface area contributed by atoms with Gasteiger partial charge >= 0.3 is 0 Å². The molecule has 0 fully saturated rings. The molecule has 0 aromatic heterocycles. The number of fused-ring (bicyclic) bond motifs is 3. The summed E-state index contributed by atoms with van der Waals surface area (Å²) < 4.78 is 0. The van der Waals surface area contributed by atoms with Gasteiger partial charge in [0.1, 0.15) is 0 Å². The van der Waals surface area contributed by atoms with Gasteiger partial charge in [0, 0.05) is 5.41 Å². The smallest absolute Gasteiger partial charge is 0.0159 e. The van der Waals surface area contributed by atoms with Crippen LogP contribution in [0.2, 0.25) is 0 Å². The van der Waals surface area contributed by atoms with Crippen LogP contribution in [0.15, 0.2) is 146 Å². The second kappa shape index (κ2) is 8.90. The third kappa shape index (κ3) is 3.50. The van der Waals surface area contributed by atoms with Gasteiger partial charge in [0.15, 0.2) is 0 Å². The molecule has 0 radical (unpaired) electrons. The molecule has 0 N–H and O–H groups in total. The average molecular weight is 547 g/mol. The minimum atomic E-state index is -0.109. The quantitative estimate of drug-likeness (QED) is 0.193. The monoisotopic (exact) mass is 546 g/mol. The van der Waals surface area contributed by atoms with E-state index < -0.39 is 0 Å². The lowest BCUT2D eigenvalue weighted by Crippen LogP contribution is -2.15. The minimum Gasteiger partial charge on any atom is -0.0622 e. The maximum Gasteiger partial charge on any atom is 0.0159 e. The Morgan fingerprint density at radius 1 is 0.349 bits per heavy atom. The van der Waals surface area contributed by atoms with E-state index in [0.29, 0.717) is 0 Å². The topological polar surface area (TPSA) is 0 Å². The maximum absolute atomic E-state index is 2.46. The molecule has 0 nitrogen and oxygen atoms in total. The Hall–Kier alpha value is -5.20. The first-order valence-electron chi connectivity index (χ1n) is 15.2. The highest BCUT2D eigenvalue weighted by molar-refractivity contribution is 6.25. The molecule has 0 amide bonds. The Balaban J connectivity index is 1.19. The van der Waals surface area contributed by atoms with Gasteiger partial charge in [-0.15, -0.1) is 0 Å². The molecule has 0 spiro atoms. The van der Waals surface area contributed by atoms with Crippen molar-refractivity contribution in [1.29, 1.82) is 0 Å². The molecule has 8 aromatic rings. The molecule has 0 heterocycles. The fourth-order valence-corrected chi connectivity index (χ4v) is 7.66. The molecule has 0 saturated heterocycles. The Morgan fingerprint density at radius 2 is 0.860 bits per heavy atom. The standard InChI is InChI=1S/C43H30/c1-43(2)39-25-31(34-14-7-6-13-33(34)27-9-4-3-5-10-27)19-22-36(39)37-23-20-32(26-40(37)43)35-21-17-30-16-15-28-11-8-12-29-18-24-38(35)42(30)41(28)29/h3-26H,1-2H3.